The van der Waals surface area contributed by atoms with Crippen LogP contribution >= 0.6 is 11.6 Å². The normalized spacial score (nSPS) is 10.7. The summed E-state index contributed by atoms with van der Waals surface area (Å²) in [5.74, 6) is -1.26. The molecule has 0 unspecified atom stereocenters. The fourth-order valence-electron chi connectivity index (χ4n) is 1.65. The monoisotopic (exact) mass is 252 g/mol. The molecule has 0 aromatic carbocycles. The van der Waals surface area contributed by atoms with Gasteiger partial charge in [-0.15, -0.1) is 0 Å². The number of rotatable bonds is 2. The number of nitrogens with zero attached hydrogens (tertiary/aromatic N) is 2. The predicted molar refractivity (Wildman–Crippen MR) is 63.6 cm³/mol. The van der Waals surface area contributed by atoms with Crippen LogP contribution < -0.4 is 5.43 Å². The molecule has 2 aromatic rings. The minimum absolute atomic E-state index is 0.0826. The second-order valence-corrected chi connectivity index (χ2v) is 3.85. The van der Waals surface area contributed by atoms with Gasteiger partial charge >= 0.3 is 5.97 Å². The molecular weight excluding hydrogens is 244 g/mol. The Bertz CT molecular complexity index is 664. The Morgan fingerprint density at radius 2 is 2.24 bits per heavy atom. The predicted octanol–water partition coefficient (Wildman–Crippen LogP) is 1.77. The summed E-state index contributed by atoms with van der Waals surface area (Å²) < 4.78 is 1.66. The molecule has 2 aromatic heterocycles. The van der Waals surface area contributed by atoms with E-state index in [1.165, 1.54) is 6.20 Å². The number of halogens is 1. The summed E-state index contributed by atoms with van der Waals surface area (Å²) in [5, 5.41) is 9.11. The second-order valence-electron chi connectivity index (χ2n) is 3.46. The highest BCUT2D eigenvalue weighted by atomic mass is 35.5. The van der Waals surface area contributed by atoms with Crippen molar-refractivity contribution in [3.8, 4) is 0 Å². The van der Waals surface area contributed by atoms with Crippen molar-refractivity contribution in [2.45, 2.75) is 13.5 Å². The molecule has 0 bridgehead atoms. The number of pyridine rings is 2. The van der Waals surface area contributed by atoms with E-state index in [1.807, 2.05) is 6.92 Å². The molecule has 5 nitrogen and oxygen atoms in total. The molecule has 0 aliphatic heterocycles. The highest BCUT2D eigenvalue weighted by Gasteiger charge is 2.15. The zero-order chi connectivity index (χ0) is 12.6. The van der Waals surface area contributed by atoms with Crippen LogP contribution in [0.1, 0.15) is 17.3 Å². The molecule has 0 amide bonds. The number of aryl methyl sites for hydroxylation is 1. The van der Waals surface area contributed by atoms with E-state index in [1.54, 1.807) is 16.7 Å². The van der Waals surface area contributed by atoms with Gasteiger partial charge in [0, 0.05) is 12.7 Å². The van der Waals surface area contributed by atoms with Gasteiger partial charge in [-0.3, -0.25) is 4.79 Å². The first-order valence-electron chi connectivity index (χ1n) is 4.97. The molecule has 0 atom stereocenters. The maximum absolute atomic E-state index is 11.9. The molecule has 2 heterocycles. The summed E-state index contributed by atoms with van der Waals surface area (Å²) in [4.78, 5) is 26.7. The second kappa shape index (κ2) is 4.18. The molecule has 17 heavy (non-hydrogen) atoms. The SMILES string of the molecule is CCn1cc(C(=O)O)c(=O)c2nc(Cl)ccc21. The van der Waals surface area contributed by atoms with Crippen molar-refractivity contribution < 1.29 is 9.90 Å². The van der Waals surface area contributed by atoms with Gasteiger partial charge in [0.15, 0.2) is 0 Å². The van der Waals surface area contributed by atoms with E-state index in [0.717, 1.165) is 0 Å². The minimum atomic E-state index is -1.26. The lowest BCUT2D eigenvalue weighted by atomic mass is 10.2. The first-order valence-corrected chi connectivity index (χ1v) is 5.35. The molecule has 0 saturated carbocycles. The van der Waals surface area contributed by atoms with E-state index < -0.39 is 11.4 Å². The summed E-state index contributed by atoms with van der Waals surface area (Å²) >= 11 is 5.71. The first-order chi connectivity index (χ1) is 8.04. The van der Waals surface area contributed by atoms with E-state index in [0.29, 0.717) is 12.1 Å². The van der Waals surface area contributed by atoms with Gasteiger partial charge in [0.1, 0.15) is 16.2 Å². The smallest absolute Gasteiger partial charge is 0.341 e. The zero-order valence-corrected chi connectivity index (χ0v) is 9.73. The first kappa shape index (κ1) is 11.6. The van der Waals surface area contributed by atoms with E-state index in [2.05, 4.69) is 4.98 Å². The van der Waals surface area contributed by atoms with Gasteiger partial charge in [0.25, 0.3) is 0 Å². The van der Waals surface area contributed by atoms with Crippen LogP contribution in [-0.2, 0) is 6.54 Å². The van der Waals surface area contributed by atoms with Crippen molar-refractivity contribution >= 4 is 28.6 Å². The third kappa shape index (κ3) is 1.89. The molecule has 6 heteroatoms. The molecule has 0 saturated heterocycles. The highest BCUT2D eigenvalue weighted by Crippen LogP contribution is 2.13. The van der Waals surface area contributed by atoms with E-state index in [9.17, 15) is 9.59 Å². The van der Waals surface area contributed by atoms with Gasteiger partial charge in [-0.2, -0.15) is 0 Å². The van der Waals surface area contributed by atoms with Crippen LogP contribution in [0.15, 0.2) is 23.1 Å². The lowest BCUT2D eigenvalue weighted by Crippen LogP contribution is -2.19. The van der Waals surface area contributed by atoms with E-state index >= 15 is 0 Å². The molecule has 0 aliphatic carbocycles. The number of carboxylic acid groups (broad SMARTS) is 1. The molecule has 2 rings (SSSR count). The average Bonchev–Trinajstić information content (AvgIpc) is 2.29. The number of hydrogen-bond donors (Lipinski definition) is 1. The van der Waals surface area contributed by atoms with Crippen LogP contribution in [0.25, 0.3) is 11.0 Å². The van der Waals surface area contributed by atoms with Crippen LogP contribution in [0.5, 0.6) is 0 Å². The van der Waals surface area contributed by atoms with Crippen LogP contribution in [0, 0.1) is 0 Å². The van der Waals surface area contributed by atoms with Gasteiger partial charge < -0.3 is 9.67 Å². The van der Waals surface area contributed by atoms with Gasteiger partial charge in [-0.05, 0) is 19.1 Å². The number of carboxylic acids is 1. The standard InChI is InChI=1S/C11H9ClN2O3/c1-2-14-5-6(11(16)17)10(15)9-7(14)3-4-8(12)13-9/h3-5H,2H2,1H3,(H,16,17). The van der Waals surface area contributed by atoms with Gasteiger partial charge in [0.2, 0.25) is 5.43 Å². The summed E-state index contributed by atoms with van der Waals surface area (Å²) in [6.45, 7) is 2.39. The van der Waals surface area contributed by atoms with Gasteiger partial charge in [-0.25, -0.2) is 9.78 Å². The molecule has 1 N–H and O–H groups in total. The van der Waals surface area contributed by atoms with Crippen LogP contribution in [-0.4, -0.2) is 20.6 Å². The van der Waals surface area contributed by atoms with Gasteiger partial charge in [-0.1, -0.05) is 11.6 Å². The third-order valence-corrected chi connectivity index (χ3v) is 2.68. The number of fused-ring (bicyclic) bond motifs is 1. The Kier molecular flexibility index (Phi) is 2.85. The van der Waals surface area contributed by atoms with Crippen molar-refractivity contribution in [1.29, 1.82) is 0 Å². The van der Waals surface area contributed by atoms with Crippen LogP contribution in [0.4, 0.5) is 0 Å². The molecule has 0 spiro atoms. The van der Waals surface area contributed by atoms with E-state index in [4.69, 9.17) is 16.7 Å². The van der Waals surface area contributed by atoms with E-state index in [-0.39, 0.29) is 16.2 Å². The molecule has 0 radical (unpaired) electrons. The van der Waals surface area contributed by atoms with Crippen molar-refractivity contribution in [2.24, 2.45) is 0 Å². The highest BCUT2D eigenvalue weighted by molar-refractivity contribution is 6.29. The Balaban J connectivity index is 2.96. The topological polar surface area (TPSA) is 72.2 Å². The van der Waals surface area contributed by atoms with Gasteiger partial charge in [0.05, 0.1) is 5.52 Å². The van der Waals surface area contributed by atoms with Crippen molar-refractivity contribution in [1.82, 2.24) is 9.55 Å². The van der Waals surface area contributed by atoms with Crippen LogP contribution in [0.3, 0.4) is 0 Å². The lowest BCUT2D eigenvalue weighted by Gasteiger charge is -2.09. The Morgan fingerprint density at radius 1 is 1.53 bits per heavy atom. The fraction of sp³-hybridized carbons (Fsp3) is 0.182. The maximum atomic E-state index is 11.9. The average molecular weight is 253 g/mol. The number of aromatic carboxylic acids is 1. The summed E-state index contributed by atoms with van der Waals surface area (Å²) in [5.41, 5.74) is -0.250. The van der Waals surface area contributed by atoms with Crippen molar-refractivity contribution in [3.05, 3.63) is 39.3 Å². The molecular formula is C11H9ClN2O3. The third-order valence-electron chi connectivity index (χ3n) is 2.47. The minimum Gasteiger partial charge on any atom is -0.477 e. The Hall–Kier alpha value is -1.88. The lowest BCUT2D eigenvalue weighted by molar-refractivity contribution is 0.0695. The Labute approximate surface area is 101 Å². The fourth-order valence-corrected chi connectivity index (χ4v) is 1.80. The maximum Gasteiger partial charge on any atom is 0.341 e. The number of carbonyl (C=O) groups is 1. The van der Waals surface area contributed by atoms with Crippen LogP contribution in [0.2, 0.25) is 5.15 Å². The molecule has 88 valence electrons. The molecule has 0 fully saturated rings. The number of hydrogen-bond acceptors (Lipinski definition) is 3. The summed E-state index contributed by atoms with van der Waals surface area (Å²) in [6, 6.07) is 3.22. The Morgan fingerprint density at radius 3 is 2.82 bits per heavy atom. The largest absolute Gasteiger partial charge is 0.477 e. The quantitative estimate of drug-likeness (QED) is 0.827. The zero-order valence-electron chi connectivity index (χ0n) is 8.98. The summed E-state index contributed by atoms with van der Waals surface area (Å²) in [6.07, 6.45) is 1.32. The van der Waals surface area contributed by atoms with Crippen molar-refractivity contribution in [3.63, 3.8) is 0 Å². The van der Waals surface area contributed by atoms with Crippen molar-refractivity contribution in [2.75, 3.05) is 0 Å². The number of aromatic nitrogens is 2. The molecule has 0 aliphatic rings. The summed E-state index contributed by atoms with van der Waals surface area (Å²) in [7, 11) is 0.